The third-order valence-electron chi connectivity index (χ3n) is 3.32. The lowest BCUT2D eigenvalue weighted by Crippen LogP contribution is -2.63. The zero-order chi connectivity index (χ0) is 13.8. The molecule has 6 heteroatoms. The molecule has 6 nitrogen and oxygen atoms in total. The van der Waals surface area contributed by atoms with Crippen LogP contribution in [0, 0.1) is 11.3 Å². The highest BCUT2D eigenvalue weighted by Gasteiger charge is 2.38. The van der Waals surface area contributed by atoms with E-state index < -0.39 is 5.54 Å². The van der Waals surface area contributed by atoms with E-state index in [0.717, 1.165) is 0 Å². The summed E-state index contributed by atoms with van der Waals surface area (Å²) in [6.45, 7) is 5.49. The summed E-state index contributed by atoms with van der Waals surface area (Å²) in [5.41, 5.74) is -0.663. The smallest absolute Gasteiger partial charge is 0.240 e. The van der Waals surface area contributed by atoms with Crippen molar-refractivity contribution in [3.8, 4) is 6.07 Å². The van der Waals surface area contributed by atoms with Gasteiger partial charge in [0.15, 0.2) is 0 Å². The highest BCUT2D eigenvalue weighted by atomic mass is 16.2. The van der Waals surface area contributed by atoms with Gasteiger partial charge in [0.1, 0.15) is 0 Å². The van der Waals surface area contributed by atoms with E-state index >= 15 is 0 Å². The van der Waals surface area contributed by atoms with Crippen molar-refractivity contribution in [2.75, 3.05) is 33.2 Å². The molecule has 1 aliphatic rings. The largest absolute Gasteiger partial charge is 0.353 e. The van der Waals surface area contributed by atoms with Crippen molar-refractivity contribution in [1.29, 1.82) is 5.26 Å². The molecular formula is C12H20N4O2. The number of nitrogens with one attached hydrogen (secondary N) is 1. The zero-order valence-corrected chi connectivity index (χ0v) is 11.2. The number of nitrogens with zero attached hydrogens (tertiary/aromatic N) is 3. The highest BCUT2D eigenvalue weighted by molar-refractivity contribution is 5.87. The Morgan fingerprint density at radius 3 is 2.89 bits per heavy atom. The Hall–Kier alpha value is -1.61. The molecule has 1 heterocycles. The van der Waals surface area contributed by atoms with Gasteiger partial charge in [-0.15, -0.1) is 0 Å². The Kier molecular flexibility index (Phi) is 4.68. The van der Waals surface area contributed by atoms with E-state index in [2.05, 4.69) is 5.32 Å². The van der Waals surface area contributed by atoms with Crippen molar-refractivity contribution in [2.45, 2.75) is 25.8 Å². The third kappa shape index (κ3) is 3.20. The molecule has 0 saturated carbocycles. The van der Waals surface area contributed by atoms with Gasteiger partial charge >= 0.3 is 0 Å². The molecule has 1 N–H and O–H groups in total. The number of hydrogen-bond acceptors (Lipinski definition) is 4. The van der Waals surface area contributed by atoms with Crippen molar-refractivity contribution < 1.29 is 9.59 Å². The summed E-state index contributed by atoms with van der Waals surface area (Å²) in [6, 6.07) is 2.01. The molecule has 0 radical (unpaired) electrons. The lowest BCUT2D eigenvalue weighted by atomic mass is 9.99. The highest BCUT2D eigenvalue weighted by Crippen LogP contribution is 2.17. The first-order chi connectivity index (χ1) is 8.39. The van der Waals surface area contributed by atoms with E-state index in [1.54, 1.807) is 7.05 Å². The van der Waals surface area contributed by atoms with Gasteiger partial charge in [-0.2, -0.15) is 5.26 Å². The standard InChI is InChI=1S/C12H20N4O2/c1-12(2)11(18)14-6-8-16(12)9-10(17)15(3)7-4-5-13/h4,6-9H2,1-3H3,(H,14,18). The molecule has 0 atom stereocenters. The number of carbonyl (C=O) groups excluding carboxylic acids is 2. The minimum Gasteiger partial charge on any atom is -0.353 e. The van der Waals surface area contributed by atoms with Gasteiger partial charge in [-0.1, -0.05) is 0 Å². The fourth-order valence-electron chi connectivity index (χ4n) is 1.85. The van der Waals surface area contributed by atoms with Crippen LogP contribution < -0.4 is 5.32 Å². The SMILES string of the molecule is CN(CCC#N)C(=O)CN1CCNC(=O)C1(C)C. The maximum Gasteiger partial charge on any atom is 0.240 e. The van der Waals surface area contributed by atoms with Crippen LogP contribution in [0.15, 0.2) is 0 Å². The van der Waals surface area contributed by atoms with Crippen molar-refractivity contribution in [2.24, 2.45) is 0 Å². The number of carbonyl (C=O) groups is 2. The Bertz CT molecular complexity index is 373. The predicted octanol–water partition coefficient (Wildman–Crippen LogP) is -0.431. The van der Waals surface area contributed by atoms with Crippen LogP contribution in [0.2, 0.25) is 0 Å². The zero-order valence-electron chi connectivity index (χ0n) is 11.2. The molecule has 1 rings (SSSR count). The van der Waals surface area contributed by atoms with Crippen molar-refractivity contribution in [3.05, 3.63) is 0 Å². The summed E-state index contributed by atoms with van der Waals surface area (Å²) in [7, 11) is 1.68. The summed E-state index contributed by atoms with van der Waals surface area (Å²) in [5, 5.41) is 11.3. The Morgan fingerprint density at radius 2 is 2.28 bits per heavy atom. The van der Waals surface area contributed by atoms with Gasteiger partial charge in [-0.3, -0.25) is 14.5 Å². The normalized spacial score (nSPS) is 18.9. The van der Waals surface area contributed by atoms with Crippen LogP contribution in [-0.4, -0.2) is 60.4 Å². The lowest BCUT2D eigenvalue weighted by molar-refractivity contribution is -0.140. The van der Waals surface area contributed by atoms with Crippen molar-refractivity contribution in [1.82, 2.24) is 15.1 Å². The van der Waals surface area contributed by atoms with E-state index in [1.807, 2.05) is 24.8 Å². The van der Waals surface area contributed by atoms with Crippen LogP contribution in [0.1, 0.15) is 20.3 Å². The molecule has 1 fully saturated rings. The summed E-state index contributed by atoms with van der Waals surface area (Å²) in [5.74, 6) is -0.116. The minimum absolute atomic E-state index is 0.0544. The van der Waals surface area contributed by atoms with Gasteiger partial charge in [0.25, 0.3) is 0 Å². The second-order valence-electron chi connectivity index (χ2n) is 4.96. The number of rotatable bonds is 4. The third-order valence-corrected chi connectivity index (χ3v) is 3.32. The molecule has 1 saturated heterocycles. The Labute approximate surface area is 108 Å². The first kappa shape index (κ1) is 14.5. The van der Waals surface area contributed by atoms with E-state index in [9.17, 15) is 9.59 Å². The summed E-state index contributed by atoms with van der Waals surface area (Å²) in [4.78, 5) is 27.1. The van der Waals surface area contributed by atoms with E-state index in [-0.39, 0.29) is 18.4 Å². The van der Waals surface area contributed by atoms with E-state index in [1.165, 1.54) is 4.90 Å². The molecular weight excluding hydrogens is 232 g/mol. The molecule has 100 valence electrons. The molecule has 0 aliphatic carbocycles. The van der Waals surface area contributed by atoms with Gasteiger partial charge < -0.3 is 10.2 Å². The fraction of sp³-hybridized carbons (Fsp3) is 0.750. The van der Waals surface area contributed by atoms with Crippen LogP contribution in [0.25, 0.3) is 0 Å². The molecule has 2 amide bonds. The molecule has 0 aromatic rings. The van der Waals surface area contributed by atoms with Gasteiger partial charge in [0.05, 0.1) is 24.6 Å². The maximum absolute atomic E-state index is 12.0. The summed E-state index contributed by atoms with van der Waals surface area (Å²) >= 11 is 0. The van der Waals surface area contributed by atoms with Crippen molar-refractivity contribution >= 4 is 11.8 Å². The molecule has 0 spiro atoms. The van der Waals surface area contributed by atoms with Crippen LogP contribution in [0.5, 0.6) is 0 Å². The van der Waals surface area contributed by atoms with E-state index in [0.29, 0.717) is 26.1 Å². The molecule has 0 unspecified atom stereocenters. The number of piperazine rings is 1. The second kappa shape index (κ2) is 5.83. The number of likely N-dealkylation sites (N-methyl/N-ethyl adjacent to an activating group) is 1. The number of hydrogen-bond donors (Lipinski definition) is 1. The van der Waals surface area contributed by atoms with Gasteiger partial charge in [0, 0.05) is 26.7 Å². The molecule has 0 bridgehead atoms. The predicted molar refractivity (Wildman–Crippen MR) is 66.5 cm³/mol. The molecule has 0 aromatic heterocycles. The fourth-order valence-corrected chi connectivity index (χ4v) is 1.85. The first-order valence-electron chi connectivity index (χ1n) is 6.04. The van der Waals surface area contributed by atoms with Crippen LogP contribution >= 0.6 is 0 Å². The Morgan fingerprint density at radius 1 is 1.61 bits per heavy atom. The quantitative estimate of drug-likeness (QED) is 0.736. The maximum atomic E-state index is 12.0. The Balaban J connectivity index is 2.58. The average Bonchev–Trinajstić information content (AvgIpc) is 2.32. The first-order valence-corrected chi connectivity index (χ1v) is 6.04. The number of amides is 2. The van der Waals surface area contributed by atoms with Gasteiger partial charge in [-0.05, 0) is 13.8 Å². The van der Waals surface area contributed by atoms with Gasteiger partial charge in [0.2, 0.25) is 11.8 Å². The average molecular weight is 252 g/mol. The summed E-state index contributed by atoms with van der Waals surface area (Å²) in [6.07, 6.45) is 0.326. The van der Waals surface area contributed by atoms with Crippen LogP contribution in [-0.2, 0) is 9.59 Å². The number of nitriles is 1. The second-order valence-corrected chi connectivity index (χ2v) is 4.96. The molecule has 18 heavy (non-hydrogen) atoms. The minimum atomic E-state index is -0.663. The van der Waals surface area contributed by atoms with E-state index in [4.69, 9.17) is 5.26 Å². The lowest BCUT2D eigenvalue weighted by Gasteiger charge is -2.41. The topological polar surface area (TPSA) is 76.4 Å². The van der Waals surface area contributed by atoms with Crippen molar-refractivity contribution in [3.63, 3.8) is 0 Å². The monoisotopic (exact) mass is 252 g/mol. The summed E-state index contributed by atoms with van der Waals surface area (Å²) < 4.78 is 0. The van der Waals surface area contributed by atoms with Gasteiger partial charge in [-0.25, -0.2) is 0 Å². The molecule has 1 aliphatic heterocycles. The van der Waals surface area contributed by atoms with Crippen LogP contribution in [0.3, 0.4) is 0 Å². The molecule has 0 aromatic carbocycles. The van der Waals surface area contributed by atoms with Crippen LogP contribution in [0.4, 0.5) is 0 Å².